The highest BCUT2D eigenvalue weighted by molar-refractivity contribution is 6.32. The van der Waals surface area contributed by atoms with Crippen molar-refractivity contribution in [3.8, 4) is 5.75 Å². The molecule has 0 radical (unpaired) electrons. The summed E-state index contributed by atoms with van der Waals surface area (Å²) in [5.74, 6) is 0.759. The zero-order valence-electron chi connectivity index (χ0n) is 14.5. The van der Waals surface area contributed by atoms with Crippen molar-refractivity contribution in [3.05, 3.63) is 74.3 Å². The molecule has 2 aromatic carbocycles. The van der Waals surface area contributed by atoms with E-state index in [4.69, 9.17) is 16.3 Å². The van der Waals surface area contributed by atoms with E-state index in [9.17, 15) is 10.1 Å². The number of nitrogens with one attached hydrogen (secondary N) is 1. The molecule has 1 heterocycles. The van der Waals surface area contributed by atoms with Crippen molar-refractivity contribution in [2.24, 2.45) is 5.92 Å². The molecule has 0 aromatic heterocycles. The smallest absolute Gasteiger partial charge is 0.311 e. The van der Waals surface area contributed by atoms with E-state index in [0.717, 1.165) is 33.8 Å². The highest BCUT2D eigenvalue weighted by atomic mass is 35.5. The molecule has 0 spiro atoms. The van der Waals surface area contributed by atoms with Gasteiger partial charge in [0.05, 0.1) is 18.1 Å². The molecule has 134 valence electrons. The molecule has 3 atom stereocenters. The number of nitrogens with zero attached hydrogens (tertiary/aromatic N) is 1. The van der Waals surface area contributed by atoms with E-state index in [2.05, 4.69) is 24.4 Å². The lowest BCUT2D eigenvalue weighted by Crippen LogP contribution is -2.29. The van der Waals surface area contributed by atoms with Crippen molar-refractivity contribution in [1.29, 1.82) is 0 Å². The first-order chi connectivity index (χ1) is 12.5. The molecular formula is C20H19ClN2O3. The van der Waals surface area contributed by atoms with Gasteiger partial charge in [-0.15, -0.1) is 0 Å². The average molecular weight is 371 g/mol. The predicted octanol–water partition coefficient (Wildman–Crippen LogP) is 5.39. The Bertz CT molecular complexity index is 926. The Labute approximate surface area is 156 Å². The van der Waals surface area contributed by atoms with Gasteiger partial charge in [0.25, 0.3) is 0 Å². The molecule has 4 rings (SSSR count). The number of rotatable bonds is 3. The first kappa shape index (κ1) is 16.9. The van der Waals surface area contributed by atoms with Gasteiger partial charge in [0.15, 0.2) is 5.75 Å². The van der Waals surface area contributed by atoms with Crippen LogP contribution >= 0.6 is 11.6 Å². The van der Waals surface area contributed by atoms with E-state index in [0.29, 0.717) is 0 Å². The zero-order valence-corrected chi connectivity index (χ0v) is 15.3. The minimum absolute atomic E-state index is 0.0112. The van der Waals surface area contributed by atoms with Crippen molar-refractivity contribution in [1.82, 2.24) is 0 Å². The Morgan fingerprint density at radius 1 is 1.31 bits per heavy atom. The summed E-state index contributed by atoms with van der Waals surface area (Å²) in [4.78, 5) is 11.0. The molecule has 5 nitrogen and oxygen atoms in total. The van der Waals surface area contributed by atoms with E-state index in [-0.39, 0.29) is 29.3 Å². The molecule has 0 amide bonds. The van der Waals surface area contributed by atoms with Crippen LogP contribution < -0.4 is 10.1 Å². The summed E-state index contributed by atoms with van der Waals surface area (Å²) in [6.07, 6.45) is 5.29. The van der Waals surface area contributed by atoms with Crippen molar-refractivity contribution in [3.63, 3.8) is 0 Å². The zero-order chi connectivity index (χ0) is 18.4. The second kappa shape index (κ2) is 6.32. The van der Waals surface area contributed by atoms with Gasteiger partial charge in [-0.25, -0.2) is 0 Å². The van der Waals surface area contributed by atoms with E-state index in [1.807, 2.05) is 18.2 Å². The minimum Gasteiger partial charge on any atom is -0.490 e. The predicted molar refractivity (Wildman–Crippen MR) is 102 cm³/mol. The molecule has 2 unspecified atom stereocenters. The van der Waals surface area contributed by atoms with Crippen molar-refractivity contribution in [2.75, 3.05) is 12.4 Å². The molecule has 1 aliphatic carbocycles. The Balaban J connectivity index is 1.83. The molecular weight excluding hydrogens is 352 g/mol. The van der Waals surface area contributed by atoms with E-state index in [1.54, 1.807) is 12.1 Å². The van der Waals surface area contributed by atoms with E-state index >= 15 is 0 Å². The van der Waals surface area contributed by atoms with E-state index in [1.165, 1.54) is 7.11 Å². The fraction of sp³-hybridized carbons (Fsp3) is 0.300. The number of benzene rings is 2. The second-order valence-corrected chi connectivity index (χ2v) is 7.22. The maximum atomic E-state index is 11.4. The lowest BCUT2D eigenvalue weighted by Gasteiger charge is -2.38. The van der Waals surface area contributed by atoms with Gasteiger partial charge >= 0.3 is 5.69 Å². The highest BCUT2D eigenvalue weighted by Gasteiger charge is 2.40. The summed E-state index contributed by atoms with van der Waals surface area (Å²) in [6.45, 7) is 2.05. The number of halogens is 1. The Morgan fingerprint density at radius 3 is 2.85 bits per heavy atom. The number of anilines is 1. The third-order valence-electron chi connectivity index (χ3n) is 5.43. The lowest BCUT2D eigenvalue weighted by atomic mass is 9.76. The summed E-state index contributed by atoms with van der Waals surface area (Å²) in [6, 6.07) is 9.12. The average Bonchev–Trinajstić information content (AvgIpc) is 3.13. The van der Waals surface area contributed by atoms with Crippen LogP contribution in [-0.2, 0) is 0 Å². The summed E-state index contributed by atoms with van der Waals surface area (Å²) >= 11 is 6.50. The van der Waals surface area contributed by atoms with Gasteiger partial charge in [0, 0.05) is 28.3 Å². The summed E-state index contributed by atoms with van der Waals surface area (Å²) in [5, 5.41) is 15.8. The SMILES string of the molecule is COc1ccc([C@H]2Nc3c(C)ccc(Cl)c3C3C=CCC32)cc1[N+](=O)[O-]. The summed E-state index contributed by atoms with van der Waals surface area (Å²) in [5.41, 5.74) is 4.17. The van der Waals surface area contributed by atoms with Gasteiger partial charge in [0.1, 0.15) is 0 Å². The van der Waals surface area contributed by atoms with Gasteiger partial charge in [-0.05, 0) is 42.5 Å². The number of hydrogen-bond donors (Lipinski definition) is 1. The third-order valence-corrected chi connectivity index (χ3v) is 5.76. The fourth-order valence-electron chi connectivity index (χ4n) is 4.18. The summed E-state index contributed by atoms with van der Waals surface area (Å²) < 4.78 is 5.13. The first-order valence-corrected chi connectivity index (χ1v) is 8.93. The van der Waals surface area contributed by atoms with Crippen LogP contribution in [0.4, 0.5) is 11.4 Å². The monoisotopic (exact) mass is 370 g/mol. The van der Waals surface area contributed by atoms with Crippen LogP contribution in [0.15, 0.2) is 42.5 Å². The van der Waals surface area contributed by atoms with Gasteiger partial charge in [0.2, 0.25) is 0 Å². The van der Waals surface area contributed by atoms with Crippen LogP contribution in [0, 0.1) is 23.0 Å². The number of methoxy groups -OCH3 is 1. The largest absolute Gasteiger partial charge is 0.490 e. The Morgan fingerprint density at radius 2 is 2.12 bits per heavy atom. The van der Waals surface area contributed by atoms with Crippen LogP contribution in [0.2, 0.25) is 5.02 Å². The molecule has 6 heteroatoms. The molecule has 2 aromatic rings. The van der Waals surface area contributed by atoms with Crippen LogP contribution in [0.5, 0.6) is 5.75 Å². The van der Waals surface area contributed by atoms with Crippen LogP contribution in [0.3, 0.4) is 0 Å². The minimum atomic E-state index is -0.397. The van der Waals surface area contributed by atoms with Gasteiger partial charge < -0.3 is 10.1 Å². The Hall–Kier alpha value is -2.53. The maximum absolute atomic E-state index is 11.4. The number of fused-ring (bicyclic) bond motifs is 3. The normalized spacial score (nSPS) is 23.1. The number of nitro benzene ring substituents is 1. The molecule has 0 saturated carbocycles. The first-order valence-electron chi connectivity index (χ1n) is 8.55. The number of aryl methyl sites for hydroxylation is 1. The second-order valence-electron chi connectivity index (χ2n) is 6.82. The Kier molecular flexibility index (Phi) is 4.11. The quantitative estimate of drug-likeness (QED) is 0.447. The lowest BCUT2D eigenvalue weighted by molar-refractivity contribution is -0.385. The molecule has 1 N–H and O–H groups in total. The molecule has 0 fully saturated rings. The highest BCUT2D eigenvalue weighted by Crippen LogP contribution is 2.53. The van der Waals surface area contributed by atoms with Crippen LogP contribution in [0.1, 0.15) is 35.1 Å². The van der Waals surface area contributed by atoms with Crippen LogP contribution in [0.25, 0.3) is 0 Å². The molecule has 1 aliphatic heterocycles. The van der Waals surface area contributed by atoms with Crippen molar-refractivity contribution < 1.29 is 9.66 Å². The maximum Gasteiger partial charge on any atom is 0.311 e. The van der Waals surface area contributed by atoms with Gasteiger partial charge in [-0.2, -0.15) is 0 Å². The van der Waals surface area contributed by atoms with Crippen molar-refractivity contribution in [2.45, 2.75) is 25.3 Å². The standard InChI is InChI=1S/C20H19ClN2O3/c1-11-6-8-15(21)18-13-4-3-5-14(13)20(22-19(11)18)12-7-9-17(26-2)16(10-12)23(24)25/h3-4,6-10,13-14,20,22H,5H2,1-2H3/t13?,14?,20-/m1/s1. The number of nitro groups is 1. The summed E-state index contributed by atoms with van der Waals surface area (Å²) in [7, 11) is 1.44. The molecule has 0 bridgehead atoms. The number of allylic oxidation sites excluding steroid dienone is 2. The topological polar surface area (TPSA) is 64.4 Å². The van der Waals surface area contributed by atoms with Gasteiger partial charge in [-0.1, -0.05) is 35.9 Å². The van der Waals surface area contributed by atoms with Crippen LogP contribution in [-0.4, -0.2) is 12.0 Å². The third kappa shape index (κ3) is 2.54. The molecule has 26 heavy (non-hydrogen) atoms. The number of ether oxygens (including phenoxy) is 1. The number of hydrogen-bond acceptors (Lipinski definition) is 4. The van der Waals surface area contributed by atoms with E-state index < -0.39 is 4.92 Å². The molecule has 2 aliphatic rings. The molecule has 0 saturated heterocycles. The van der Waals surface area contributed by atoms with Crippen molar-refractivity contribution >= 4 is 23.0 Å². The van der Waals surface area contributed by atoms with Gasteiger partial charge in [-0.3, -0.25) is 10.1 Å². The fourth-order valence-corrected chi connectivity index (χ4v) is 4.47.